The minimum absolute atomic E-state index is 0. The van der Waals surface area contributed by atoms with E-state index in [1.807, 2.05) is 48.8 Å². The molecule has 2 aromatic rings. The molecule has 1 radical (unpaired) electrons. The molecule has 1 aliphatic heterocycles. The number of hydrogen-bond acceptors (Lipinski definition) is 4. The Labute approximate surface area is 122 Å². The number of hydrogen-bond donors (Lipinski definition) is 0. The van der Waals surface area contributed by atoms with Crippen LogP contribution in [0.3, 0.4) is 0 Å². The Morgan fingerprint density at radius 1 is 0.833 bits per heavy atom. The Bertz CT molecular complexity index is 436. The van der Waals surface area contributed by atoms with Gasteiger partial charge in [-0.05, 0) is 24.3 Å². The third kappa shape index (κ3) is 2.73. The summed E-state index contributed by atoms with van der Waals surface area (Å²) >= 11 is 0. The molecule has 0 unspecified atom stereocenters. The zero-order valence-electron chi connectivity index (χ0n) is 9.72. The Kier molecular flexibility index (Phi) is 4.37. The molecule has 0 spiro atoms. The molecule has 0 amide bonds. The van der Waals surface area contributed by atoms with Crippen LogP contribution in [0.15, 0.2) is 48.8 Å². The van der Waals surface area contributed by atoms with Crippen LogP contribution >= 0.6 is 0 Å². The Balaban J connectivity index is 0.00000120. The fraction of sp³-hybridized carbons (Fsp3) is 0.167. The quantitative estimate of drug-likeness (QED) is 0.690. The van der Waals surface area contributed by atoms with Crippen molar-refractivity contribution in [1.29, 1.82) is 0 Å². The van der Waals surface area contributed by atoms with Crippen LogP contribution in [0.1, 0.15) is 0 Å². The van der Waals surface area contributed by atoms with Gasteiger partial charge in [-0.1, -0.05) is 12.1 Å². The minimum Gasteiger partial charge on any atom is -0.382 e. The molecule has 93 valence electrons. The van der Waals surface area contributed by atoms with E-state index in [0.717, 1.165) is 24.7 Å². The van der Waals surface area contributed by atoms with Gasteiger partial charge in [-0.15, -0.1) is 0 Å². The number of pyridine rings is 2. The van der Waals surface area contributed by atoms with Crippen LogP contribution in [0, 0.1) is 0 Å². The number of rotatable bonds is 2. The molecule has 3 heterocycles. The third-order valence-corrected chi connectivity index (χ3v) is 2.75. The van der Waals surface area contributed by atoms with Crippen LogP contribution < -0.4 is 9.62 Å². The molecule has 0 aromatic carbocycles. The first kappa shape index (κ1) is 13.1. The van der Waals surface area contributed by atoms with Crippen molar-refractivity contribution < 1.29 is 21.1 Å². The maximum Gasteiger partial charge on any atom is 0.394 e. The first-order valence-electron chi connectivity index (χ1n) is 5.64. The van der Waals surface area contributed by atoms with Gasteiger partial charge in [0, 0.05) is 46.5 Å². The van der Waals surface area contributed by atoms with E-state index in [0.29, 0.717) is 0 Å². The second-order valence-electron chi connectivity index (χ2n) is 3.88. The molecule has 4 nitrogen and oxygen atoms in total. The van der Waals surface area contributed by atoms with Crippen molar-refractivity contribution in [3.63, 3.8) is 0 Å². The summed E-state index contributed by atoms with van der Waals surface area (Å²) < 4.78 is 0. The van der Waals surface area contributed by atoms with E-state index in [1.165, 1.54) is 0 Å². The SMILES string of the molecule is [B]1N(c2ccccn2)CCN1c1ccccn1.[Pt]. The van der Waals surface area contributed by atoms with Crippen molar-refractivity contribution in [3.8, 4) is 0 Å². The van der Waals surface area contributed by atoms with E-state index in [1.54, 1.807) is 0 Å². The summed E-state index contributed by atoms with van der Waals surface area (Å²) in [4.78, 5) is 12.9. The van der Waals surface area contributed by atoms with Gasteiger partial charge in [-0.2, -0.15) is 0 Å². The molecule has 0 saturated carbocycles. The standard InChI is InChI=1S/C12H12BN4.Pt/c1-3-7-14-11(5-1)16-9-10-17(13-16)12-6-2-4-8-15-12;/h1-8H,9-10H2;. The minimum atomic E-state index is 0. The van der Waals surface area contributed by atoms with Gasteiger partial charge in [-0.3, -0.25) is 0 Å². The first-order valence-corrected chi connectivity index (χ1v) is 5.64. The predicted molar refractivity (Wildman–Crippen MR) is 68.9 cm³/mol. The number of nitrogens with zero attached hydrogens (tertiary/aromatic N) is 4. The van der Waals surface area contributed by atoms with Gasteiger partial charge in [-0.25, -0.2) is 9.97 Å². The van der Waals surface area contributed by atoms with Gasteiger partial charge in [0.25, 0.3) is 0 Å². The maximum atomic E-state index is 4.34. The molecular formula is C12H12BN4Pt. The fourth-order valence-electron chi connectivity index (χ4n) is 1.89. The van der Waals surface area contributed by atoms with Gasteiger partial charge in [0.05, 0.1) is 0 Å². The molecule has 2 aromatic heterocycles. The predicted octanol–water partition coefficient (Wildman–Crippen LogP) is 1.33. The number of aromatic nitrogens is 2. The molecular weight excluding hydrogens is 406 g/mol. The topological polar surface area (TPSA) is 32.3 Å². The van der Waals surface area contributed by atoms with Gasteiger partial charge >= 0.3 is 7.55 Å². The summed E-state index contributed by atoms with van der Waals surface area (Å²) in [6, 6.07) is 11.9. The van der Waals surface area contributed by atoms with Gasteiger partial charge in [0.15, 0.2) is 0 Å². The van der Waals surface area contributed by atoms with Crippen LogP contribution in [-0.2, 0) is 21.1 Å². The van der Waals surface area contributed by atoms with E-state index in [4.69, 9.17) is 0 Å². The van der Waals surface area contributed by atoms with Crippen LogP contribution in [-0.4, -0.2) is 30.6 Å². The van der Waals surface area contributed by atoms with Crippen molar-refractivity contribution in [2.45, 2.75) is 0 Å². The molecule has 0 bridgehead atoms. The Morgan fingerprint density at radius 3 is 1.72 bits per heavy atom. The van der Waals surface area contributed by atoms with Crippen LogP contribution in [0.2, 0.25) is 0 Å². The zero-order valence-corrected chi connectivity index (χ0v) is 12.0. The summed E-state index contributed by atoms with van der Waals surface area (Å²) in [5.74, 6) is 1.96. The van der Waals surface area contributed by atoms with Crippen molar-refractivity contribution in [1.82, 2.24) is 9.97 Å². The molecule has 18 heavy (non-hydrogen) atoms. The monoisotopic (exact) mass is 418 g/mol. The Hall–Kier alpha value is -1.35. The molecule has 0 N–H and O–H groups in total. The normalized spacial score (nSPS) is 14.0. The summed E-state index contributed by atoms with van der Waals surface area (Å²) in [6.45, 7) is 1.88. The largest absolute Gasteiger partial charge is 0.394 e. The van der Waals surface area contributed by atoms with Crippen LogP contribution in [0.4, 0.5) is 11.6 Å². The maximum absolute atomic E-state index is 4.34. The number of anilines is 2. The third-order valence-electron chi connectivity index (χ3n) is 2.75. The van der Waals surface area contributed by atoms with Crippen LogP contribution in [0.25, 0.3) is 0 Å². The van der Waals surface area contributed by atoms with E-state index < -0.39 is 0 Å². The molecule has 1 aliphatic rings. The van der Waals surface area contributed by atoms with E-state index in [2.05, 4.69) is 27.1 Å². The summed E-state index contributed by atoms with van der Waals surface area (Å²) in [6.07, 6.45) is 3.62. The average molecular weight is 418 g/mol. The van der Waals surface area contributed by atoms with Crippen molar-refractivity contribution in [2.24, 2.45) is 0 Å². The molecule has 3 rings (SSSR count). The van der Waals surface area contributed by atoms with Gasteiger partial charge in [0.2, 0.25) is 0 Å². The second-order valence-corrected chi connectivity index (χ2v) is 3.88. The van der Waals surface area contributed by atoms with Crippen molar-refractivity contribution in [3.05, 3.63) is 48.8 Å². The summed E-state index contributed by atoms with van der Waals surface area (Å²) in [7, 11) is 2.06. The van der Waals surface area contributed by atoms with Crippen molar-refractivity contribution in [2.75, 3.05) is 22.7 Å². The Morgan fingerprint density at radius 2 is 1.33 bits per heavy atom. The molecule has 1 fully saturated rings. The molecule has 1 saturated heterocycles. The summed E-state index contributed by atoms with van der Waals surface area (Å²) in [5, 5.41) is 0. The van der Waals surface area contributed by atoms with Crippen molar-refractivity contribution >= 4 is 19.2 Å². The molecule has 6 heteroatoms. The zero-order chi connectivity index (χ0) is 11.5. The average Bonchev–Trinajstić information content (AvgIpc) is 2.90. The van der Waals surface area contributed by atoms with E-state index in [-0.39, 0.29) is 21.1 Å². The summed E-state index contributed by atoms with van der Waals surface area (Å²) in [5.41, 5.74) is 0. The first-order chi connectivity index (χ1) is 8.43. The molecule has 0 atom stereocenters. The fourth-order valence-corrected chi connectivity index (χ4v) is 1.89. The van der Waals surface area contributed by atoms with E-state index in [9.17, 15) is 0 Å². The smallest absolute Gasteiger partial charge is 0.382 e. The van der Waals surface area contributed by atoms with E-state index >= 15 is 0 Å². The van der Waals surface area contributed by atoms with Gasteiger partial charge in [0.1, 0.15) is 11.6 Å². The van der Waals surface area contributed by atoms with Gasteiger partial charge < -0.3 is 9.62 Å². The molecule has 0 aliphatic carbocycles. The van der Waals surface area contributed by atoms with Crippen LogP contribution in [0.5, 0.6) is 0 Å². The second kappa shape index (κ2) is 6.01.